The minimum atomic E-state index is 0.418. The lowest BCUT2D eigenvalue weighted by Gasteiger charge is -2.18. The van der Waals surface area contributed by atoms with Crippen LogP contribution in [0.1, 0.15) is 26.5 Å². The first-order valence-corrected chi connectivity index (χ1v) is 7.85. The predicted octanol–water partition coefficient (Wildman–Crippen LogP) is 2.50. The smallest absolute Gasteiger partial charge is 0.198 e. The van der Waals surface area contributed by atoms with Crippen molar-refractivity contribution in [3.05, 3.63) is 35.9 Å². The van der Waals surface area contributed by atoms with Gasteiger partial charge in [0.1, 0.15) is 0 Å². The fourth-order valence-corrected chi connectivity index (χ4v) is 2.08. The molecule has 0 aliphatic rings. The summed E-state index contributed by atoms with van der Waals surface area (Å²) in [4.78, 5) is 23.3. The molecular weight excluding hydrogens is 302 g/mol. The molecule has 2 aromatic heterocycles. The number of likely N-dealkylation sites (N-methyl/N-ethyl adjacent to an activating group) is 1. The Hall–Kier alpha value is -2.70. The van der Waals surface area contributed by atoms with E-state index in [-0.39, 0.29) is 0 Å². The van der Waals surface area contributed by atoms with Gasteiger partial charge >= 0.3 is 0 Å². The highest BCUT2D eigenvalue weighted by atomic mass is 15.1. The molecule has 1 N–H and O–H groups in total. The van der Waals surface area contributed by atoms with Crippen LogP contribution in [0.5, 0.6) is 0 Å². The Labute approximate surface area is 142 Å². The van der Waals surface area contributed by atoms with E-state index in [1.54, 1.807) is 25.5 Å². The van der Waals surface area contributed by atoms with Gasteiger partial charge in [-0.15, -0.1) is 0 Å². The summed E-state index contributed by atoms with van der Waals surface area (Å²) in [6.07, 6.45) is 8.87. The Bertz CT molecular complexity index is 764. The van der Waals surface area contributed by atoms with Crippen molar-refractivity contribution in [1.82, 2.24) is 24.8 Å². The van der Waals surface area contributed by atoms with Gasteiger partial charge in [0.25, 0.3) is 0 Å². The van der Waals surface area contributed by atoms with Gasteiger partial charge in [-0.2, -0.15) is 0 Å². The number of allylic oxidation sites excluding steroid dienone is 1. The van der Waals surface area contributed by atoms with Crippen LogP contribution in [0.4, 0.5) is 0 Å². The van der Waals surface area contributed by atoms with Crippen molar-refractivity contribution in [2.45, 2.75) is 27.3 Å². The van der Waals surface area contributed by atoms with E-state index in [9.17, 15) is 0 Å². The summed E-state index contributed by atoms with van der Waals surface area (Å²) in [6.45, 7) is 7.11. The van der Waals surface area contributed by atoms with Crippen molar-refractivity contribution in [2.75, 3.05) is 13.6 Å². The highest BCUT2D eigenvalue weighted by Crippen LogP contribution is 2.06. The molecule has 126 valence electrons. The summed E-state index contributed by atoms with van der Waals surface area (Å²) in [6, 6.07) is 0. The van der Waals surface area contributed by atoms with E-state index in [2.05, 4.69) is 44.9 Å². The average Bonchev–Trinajstić information content (AvgIpc) is 2.54. The minimum absolute atomic E-state index is 0.418. The molecule has 0 aliphatic carbocycles. The molecule has 0 aliphatic heterocycles. The van der Waals surface area contributed by atoms with Crippen LogP contribution in [-0.4, -0.2) is 50.5 Å². The molecule has 2 rings (SSSR count). The summed E-state index contributed by atoms with van der Waals surface area (Å²) in [5, 5.41) is 7.69. The van der Waals surface area contributed by atoms with Gasteiger partial charge < -0.3 is 4.90 Å². The molecule has 0 unspecified atom stereocenters. The SMILES string of the molecule is CC(=N)N(C)C/C(C=NCc1cnc2nccnc2n1)=C/C(C)C. The standard InChI is InChI=1S/C17H23N7/c1-12(2)7-14(11-24(4)13(3)18)8-19-9-15-10-22-16-17(23-15)21-6-5-20-16/h5-8,10,12,18H,9,11H2,1-4H3/b14-7+,18-13?,19-8?. The molecule has 0 bridgehead atoms. The molecule has 0 radical (unpaired) electrons. The van der Waals surface area contributed by atoms with Crippen LogP contribution in [0.3, 0.4) is 0 Å². The first-order chi connectivity index (χ1) is 11.5. The summed E-state index contributed by atoms with van der Waals surface area (Å²) in [5.74, 6) is 0.943. The summed E-state index contributed by atoms with van der Waals surface area (Å²) < 4.78 is 0. The number of hydrogen-bond donors (Lipinski definition) is 1. The zero-order valence-corrected chi connectivity index (χ0v) is 14.6. The van der Waals surface area contributed by atoms with Gasteiger partial charge in [0.2, 0.25) is 0 Å². The fraction of sp³-hybridized carbons (Fsp3) is 0.412. The van der Waals surface area contributed by atoms with Gasteiger partial charge in [0, 0.05) is 32.2 Å². The first kappa shape index (κ1) is 17.7. The van der Waals surface area contributed by atoms with Crippen LogP contribution >= 0.6 is 0 Å². The third-order valence-electron chi connectivity index (χ3n) is 3.30. The summed E-state index contributed by atoms with van der Waals surface area (Å²) in [7, 11) is 1.90. The Morgan fingerprint density at radius 3 is 2.62 bits per heavy atom. The van der Waals surface area contributed by atoms with Gasteiger partial charge in [-0.25, -0.2) is 19.9 Å². The molecule has 0 fully saturated rings. The number of amidine groups is 1. The van der Waals surface area contributed by atoms with E-state index in [0.29, 0.717) is 36.1 Å². The van der Waals surface area contributed by atoms with E-state index in [0.717, 1.165) is 11.3 Å². The average molecular weight is 325 g/mol. The van der Waals surface area contributed by atoms with Crippen LogP contribution in [0.2, 0.25) is 0 Å². The second-order valence-corrected chi connectivity index (χ2v) is 5.96. The molecular formula is C17H23N7. The Kier molecular flexibility index (Phi) is 6.06. The van der Waals surface area contributed by atoms with Gasteiger partial charge in [-0.05, 0) is 18.4 Å². The van der Waals surface area contributed by atoms with Gasteiger partial charge in [0.05, 0.1) is 24.3 Å². The van der Waals surface area contributed by atoms with Crippen molar-refractivity contribution >= 4 is 23.3 Å². The molecule has 0 atom stereocenters. The molecule has 24 heavy (non-hydrogen) atoms. The number of nitrogens with zero attached hydrogens (tertiary/aromatic N) is 6. The fourth-order valence-electron chi connectivity index (χ4n) is 2.08. The van der Waals surface area contributed by atoms with E-state index >= 15 is 0 Å². The van der Waals surface area contributed by atoms with Crippen LogP contribution in [0.15, 0.2) is 35.2 Å². The van der Waals surface area contributed by atoms with Gasteiger partial charge in [-0.1, -0.05) is 19.9 Å². The Morgan fingerprint density at radius 1 is 1.25 bits per heavy atom. The van der Waals surface area contributed by atoms with E-state index in [1.807, 2.05) is 18.2 Å². The molecule has 2 aromatic rings. The van der Waals surface area contributed by atoms with E-state index in [4.69, 9.17) is 5.41 Å². The number of aromatic nitrogens is 4. The highest BCUT2D eigenvalue weighted by molar-refractivity contribution is 5.82. The first-order valence-electron chi connectivity index (χ1n) is 7.85. The zero-order chi connectivity index (χ0) is 17.5. The van der Waals surface area contributed by atoms with Gasteiger partial charge in [0.15, 0.2) is 11.3 Å². The van der Waals surface area contributed by atoms with E-state index in [1.165, 1.54) is 0 Å². The van der Waals surface area contributed by atoms with E-state index < -0.39 is 0 Å². The predicted molar refractivity (Wildman–Crippen MR) is 96.3 cm³/mol. The lowest BCUT2D eigenvalue weighted by Crippen LogP contribution is -2.26. The highest BCUT2D eigenvalue weighted by Gasteiger charge is 2.04. The molecule has 0 spiro atoms. The van der Waals surface area contributed by atoms with Crippen LogP contribution in [0, 0.1) is 11.3 Å². The van der Waals surface area contributed by atoms with Crippen molar-refractivity contribution < 1.29 is 0 Å². The lowest BCUT2D eigenvalue weighted by molar-refractivity contribution is 0.547. The monoisotopic (exact) mass is 325 g/mol. The zero-order valence-electron chi connectivity index (χ0n) is 14.6. The minimum Gasteiger partial charge on any atom is -0.359 e. The summed E-state index contributed by atoms with van der Waals surface area (Å²) in [5.41, 5.74) is 2.89. The second-order valence-electron chi connectivity index (χ2n) is 5.96. The third kappa shape index (κ3) is 5.19. The number of rotatable bonds is 6. The number of hydrogen-bond acceptors (Lipinski definition) is 6. The van der Waals surface area contributed by atoms with Crippen LogP contribution < -0.4 is 0 Å². The second kappa shape index (κ2) is 8.24. The Balaban J connectivity index is 2.08. The quantitative estimate of drug-likeness (QED) is 0.651. The van der Waals surface area contributed by atoms with Crippen molar-refractivity contribution in [1.29, 1.82) is 5.41 Å². The maximum absolute atomic E-state index is 7.69. The van der Waals surface area contributed by atoms with Crippen LogP contribution in [0.25, 0.3) is 11.3 Å². The number of nitrogens with one attached hydrogen (secondary N) is 1. The maximum Gasteiger partial charge on any atom is 0.198 e. The molecule has 7 heteroatoms. The molecule has 0 amide bonds. The normalized spacial score (nSPS) is 12.3. The lowest BCUT2D eigenvalue weighted by atomic mass is 10.1. The number of aliphatic imine (C=N–C) groups is 1. The van der Waals surface area contributed by atoms with Crippen molar-refractivity contribution in [3.8, 4) is 0 Å². The topological polar surface area (TPSA) is 91.0 Å². The molecule has 0 aromatic carbocycles. The third-order valence-corrected chi connectivity index (χ3v) is 3.30. The summed E-state index contributed by atoms with van der Waals surface area (Å²) >= 11 is 0. The number of fused-ring (bicyclic) bond motifs is 1. The molecule has 0 saturated carbocycles. The molecule has 0 saturated heterocycles. The van der Waals surface area contributed by atoms with Crippen molar-refractivity contribution in [3.63, 3.8) is 0 Å². The molecule has 2 heterocycles. The largest absolute Gasteiger partial charge is 0.359 e. The van der Waals surface area contributed by atoms with Crippen molar-refractivity contribution in [2.24, 2.45) is 10.9 Å². The Morgan fingerprint density at radius 2 is 1.96 bits per heavy atom. The van der Waals surface area contributed by atoms with Crippen LogP contribution in [-0.2, 0) is 6.54 Å². The maximum atomic E-state index is 7.69. The molecule has 7 nitrogen and oxygen atoms in total. The van der Waals surface area contributed by atoms with Gasteiger partial charge in [-0.3, -0.25) is 10.4 Å².